The highest BCUT2D eigenvalue weighted by molar-refractivity contribution is 5.87. The van der Waals surface area contributed by atoms with Gasteiger partial charge in [0.2, 0.25) is 0 Å². The van der Waals surface area contributed by atoms with Crippen LogP contribution in [0.25, 0.3) is 0 Å². The van der Waals surface area contributed by atoms with E-state index in [1.54, 1.807) is 0 Å². The summed E-state index contributed by atoms with van der Waals surface area (Å²) < 4.78 is 0. The van der Waals surface area contributed by atoms with Gasteiger partial charge in [0, 0.05) is 17.9 Å². The summed E-state index contributed by atoms with van der Waals surface area (Å²) >= 11 is 0. The normalized spacial score (nSPS) is 53.4. The number of rotatable bonds is 2. The molecule has 0 radical (unpaired) electrons. The van der Waals surface area contributed by atoms with Crippen LogP contribution < -0.4 is 5.73 Å². The van der Waals surface area contributed by atoms with E-state index in [1.807, 2.05) is 0 Å². The van der Waals surface area contributed by atoms with Gasteiger partial charge in [0.05, 0.1) is 5.71 Å². The van der Waals surface area contributed by atoms with Gasteiger partial charge in [0.1, 0.15) is 11.9 Å². The molecule has 0 spiro atoms. The van der Waals surface area contributed by atoms with Crippen LogP contribution >= 0.6 is 0 Å². The molecule has 0 saturated heterocycles. The molecule has 4 heteroatoms. The van der Waals surface area contributed by atoms with Gasteiger partial charge in [-0.1, -0.05) is 25.9 Å². The number of hydrogen-bond acceptors (Lipinski definition) is 4. The summed E-state index contributed by atoms with van der Waals surface area (Å²) in [6.07, 6.45) is 12.5. The molecular formula is C25H40N2O2. The number of oxime groups is 1. The summed E-state index contributed by atoms with van der Waals surface area (Å²) in [6, 6.07) is 0.161. The summed E-state index contributed by atoms with van der Waals surface area (Å²) in [4.78, 5) is 18.6. The lowest BCUT2D eigenvalue weighted by atomic mass is 9.43. The number of nitrogens with two attached hydrogens (primary N) is 1. The standard InChI is InChI=1S/C25H40N2O2/c1-15-13-16-14-17(27-29-21-6-4-5-20(21)26)9-11-24(16,2)19-10-12-25(3)18(23(15)19)7-8-22(25)28/h15-16,18-21,23H,4-14,26H2,1-3H3/t15-,16?,18+,19+,20?,21?,23+,24+,25+/m1/s1. The minimum absolute atomic E-state index is 0.0200. The smallest absolute Gasteiger partial charge is 0.142 e. The van der Waals surface area contributed by atoms with Crippen molar-refractivity contribution in [3.8, 4) is 0 Å². The average molecular weight is 401 g/mol. The molecule has 0 bridgehead atoms. The van der Waals surface area contributed by atoms with Gasteiger partial charge in [-0.2, -0.15) is 0 Å². The highest BCUT2D eigenvalue weighted by Crippen LogP contribution is 2.66. The summed E-state index contributed by atoms with van der Waals surface area (Å²) in [5, 5.41) is 4.63. The van der Waals surface area contributed by atoms with E-state index in [2.05, 4.69) is 25.9 Å². The third-order valence-corrected chi connectivity index (χ3v) is 10.4. The van der Waals surface area contributed by atoms with Gasteiger partial charge < -0.3 is 10.6 Å². The molecule has 5 rings (SSSR count). The third-order valence-electron chi connectivity index (χ3n) is 10.4. The summed E-state index contributed by atoms with van der Waals surface area (Å²) in [5.41, 5.74) is 7.82. The fraction of sp³-hybridized carbons (Fsp3) is 0.920. The monoisotopic (exact) mass is 400 g/mol. The van der Waals surface area contributed by atoms with Crippen molar-refractivity contribution in [2.75, 3.05) is 0 Å². The molecule has 9 atom stereocenters. The molecule has 0 aromatic rings. The second kappa shape index (κ2) is 7.07. The molecule has 3 unspecified atom stereocenters. The van der Waals surface area contributed by atoms with Crippen molar-refractivity contribution in [1.82, 2.24) is 0 Å². The number of Topliss-reactive ketones (excluding diaryl/α,β-unsaturated/α-hetero) is 1. The maximum atomic E-state index is 12.7. The summed E-state index contributed by atoms with van der Waals surface area (Å²) in [6.45, 7) is 7.34. The predicted molar refractivity (Wildman–Crippen MR) is 115 cm³/mol. The molecule has 4 nitrogen and oxygen atoms in total. The first-order chi connectivity index (χ1) is 13.8. The van der Waals surface area contributed by atoms with Crippen LogP contribution in [0.1, 0.15) is 91.4 Å². The van der Waals surface area contributed by atoms with Crippen LogP contribution in [0.3, 0.4) is 0 Å². The van der Waals surface area contributed by atoms with Crippen LogP contribution in [-0.2, 0) is 9.63 Å². The maximum absolute atomic E-state index is 12.7. The van der Waals surface area contributed by atoms with Gasteiger partial charge in [-0.25, -0.2) is 0 Å². The van der Waals surface area contributed by atoms with E-state index in [-0.39, 0.29) is 17.6 Å². The Morgan fingerprint density at radius 3 is 2.66 bits per heavy atom. The quantitative estimate of drug-likeness (QED) is 0.656. The van der Waals surface area contributed by atoms with Crippen LogP contribution in [0, 0.1) is 40.4 Å². The van der Waals surface area contributed by atoms with Gasteiger partial charge in [-0.05, 0) is 99.2 Å². The molecule has 0 aromatic carbocycles. The van der Waals surface area contributed by atoms with Gasteiger partial charge in [-0.15, -0.1) is 0 Å². The maximum Gasteiger partial charge on any atom is 0.142 e. The molecule has 0 aromatic heterocycles. The van der Waals surface area contributed by atoms with Crippen molar-refractivity contribution in [1.29, 1.82) is 0 Å². The first-order valence-corrected chi connectivity index (χ1v) is 12.3. The van der Waals surface area contributed by atoms with Crippen molar-refractivity contribution in [3.63, 3.8) is 0 Å². The summed E-state index contributed by atoms with van der Waals surface area (Å²) in [5.74, 6) is 4.15. The van der Waals surface area contributed by atoms with Gasteiger partial charge in [0.15, 0.2) is 0 Å². The van der Waals surface area contributed by atoms with Gasteiger partial charge in [-0.3, -0.25) is 4.79 Å². The zero-order valence-corrected chi connectivity index (χ0v) is 18.7. The van der Waals surface area contributed by atoms with Crippen molar-refractivity contribution in [2.45, 2.75) is 104 Å². The number of carbonyl (C=O) groups is 1. The van der Waals surface area contributed by atoms with Crippen LogP contribution in [0.4, 0.5) is 0 Å². The van der Waals surface area contributed by atoms with E-state index >= 15 is 0 Å². The lowest BCUT2D eigenvalue weighted by Crippen LogP contribution is -2.56. The molecule has 2 N–H and O–H groups in total. The molecule has 5 aliphatic carbocycles. The van der Waals surface area contributed by atoms with Gasteiger partial charge >= 0.3 is 0 Å². The molecule has 0 heterocycles. The first kappa shape index (κ1) is 20.0. The fourth-order valence-corrected chi connectivity index (χ4v) is 8.53. The minimum Gasteiger partial charge on any atom is -0.391 e. The molecule has 0 amide bonds. The molecule has 5 fully saturated rings. The predicted octanol–water partition coefficient (Wildman–Crippen LogP) is 5.10. The number of hydrogen-bond donors (Lipinski definition) is 1. The molecule has 162 valence electrons. The summed E-state index contributed by atoms with van der Waals surface area (Å²) in [7, 11) is 0. The molecule has 5 saturated carbocycles. The zero-order chi connectivity index (χ0) is 20.4. The largest absolute Gasteiger partial charge is 0.391 e. The van der Waals surface area contributed by atoms with E-state index in [1.165, 1.54) is 31.4 Å². The van der Waals surface area contributed by atoms with E-state index in [4.69, 9.17) is 10.6 Å². The van der Waals surface area contributed by atoms with Crippen LogP contribution in [0.5, 0.6) is 0 Å². The van der Waals surface area contributed by atoms with Crippen LogP contribution in [0.15, 0.2) is 5.16 Å². The Morgan fingerprint density at radius 2 is 1.90 bits per heavy atom. The number of nitrogens with zero attached hydrogens (tertiary/aromatic N) is 1. The van der Waals surface area contributed by atoms with E-state index in [9.17, 15) is 4.79 Å². The highest BCUT2D eigenvalue weighted by atomic mass is 16.6. The fourth-order valence-electron chi connectivity index (χ4n) is 8.53. The number of fused-ring (bicyclic) bond motifs is 5. The second-order valence-electron chi connectivity index (χ2n) is 11.7. The van der Waals surface area contributed by atoms with Crippen molar-refractivity contribution in [2.24, 2.45) is 51.3 Å². The second-order valence-corrected chi connectivity index (χ2v) is 11.7. The Kier molecular flexibility index (Phi) is 4.88. The zero-order valence-electron chi connectivity index (χ0n) is 18.7. The minimum atomic E-state index is -0.0200. The number of carbonyl (C=O) groups excluding carboxylic acids is 1. The molecule has 29 heavy (non-hydrogen) atoms. The topological polar surface area (TPSA) is 64.7 Å². The first-order valence-electron chi connectivity index (χ1n) is 12.3. The molecule has 5 aliphatic rings. The molecular weight excluding hydrogens is 360 g/mol. The Balaban J connectivity index is 1.33. The van der Waals surface area contributed by atoms with Crippen molar-refractivity contribution < 1.29 is 9.63 Å². The lowest BCUT2D eigenvalue weighted by Gasteiger charge is -2.61. The van der Waals surface area contributed by atoms with E-state index < -0.39 is 0 Å². The van der Waals surface area contributed by atoms with Crippen molar-refractivity contribution in [3.05, 3.63) is 0 Å². The molecule has 0 aliphatic heterocycles. The highest BCUT2D eigenvalue weighted by Gasteiger charge is 2.61. The Morgan fingerprint density at radius 1 is 1.07 bits per heavy atom. The third kappa shape index (κ3) is 3.03. The SMILES string of the molecule is C[C@@H]1CC2CC(=NOC3CCCC3N)CC[C@]2(C)[C@H]2CC[C@]3(C)C(=O)CC[C@H]3[C@H]12. The average Bonchev–Trinajstić information content (AvgIpc) is 3.24. The van der Waals surface area contributed by atoms with Crippen LogP contribution in [-0.4, -0.2) is 23.6 Å². The van der Waals surface area contributed by atoms with Crippen molar-refractivity contribution >= 4 is 11.5 Å². The Bertz CT molecular complexity index is 705. The lowest BCUT2D eigenvalue weighted by molar-refractivity contribution is -0.143. The van der Waals surface area contributed by atoms with E-state index in [0.717, 1.165) is 62.7 Å². The Labute approximate surface area is 176 Å². The van der Waals surface area contributed by atoms with Crippen LogP contribution in [0.2, 0.25) is 0 Å². The number of ketones is 1. The van der Waals surface area contributed by atoms with E-state index in [0.29, 0.717) is 23.0 Å². The van der Waals surface area contributed by atoms with Gasteiger partial charge in [0.25, 0.3) is 0 Å². The Hall–Kier alpha value is -0.900.